The number of nitro benzene ring substituents is 1. The molecule has 27 heavy (non-hydrogen) atoms. The van der Waals surface area contributed by atoms with Gasteiger partial charge in [0.05, 0.1) is 10.5 Å². The van der Waals surface area contributed by atoms with E-state index in [1.807, 2.05) is 0 Å². The molecule has 3 aromatic rings. The van der Waals surface area contributed by atoms with Crippen molar-refractivity contribution in [2.45, 2.75) is 13.0 Å². The van der Waals surface area contributed by atoms with E-state index < -0.39 is 17.0 Å². The summed E-state index contributed by atoms with van der Waals surface area (Å²) in [6.07, 6.45) is -0.127. The van der Waals surface area contributed by atoms with Crippen molar-refractivity contribution in [1.29, 1.82) is 0 Å². The molecular formula is C18H13N3O6. The number of carbonyl (C=O) groups is 2. The van der Waals surface area contributed by atoms with Gasteiger partial charge in [-0.3, -0.25) is 14.9 Å². The number of benzene rings is 2. The second kappa shape index (κ2) is 7.56. The summed E-state index contributed by atoms with van der Waals surface area (Å²) in [5.74, 6) is -0.366. The Morgan fingerprint density at radius 3 is 2.41 bits per heavy atom. The molecule has 0 spiro atoms. The molecule has 9 nitrogen and oxygen atoms in total. The van der Waals surface area contributed by atoms with Gasteiger partial charge in [-0.15, -0.1) is 10.2 Å². The Balaban J connectivity index is 1.70. The molecule has 0 fully saturated rings. The number of rotatable bonds is 6. The van der Waals surface area contributed by atoms with E-state index >= 15 is 0 Å². The molecule has 0 aliphatic heterocycles. The van der Waals surface area contributed by atoms with Crippen molar-refractivity contribution in [3.63, 3.8) is 0 Å². The molecule has 0 radical (unpaired) electrons. The van der Waals surface area contributed by atoms with Gasteiger partial charge in [-0.05, 0) is 31.2 Å². The van der Waals surface area contributed by atoms with Crippen LogP contribution in [0.4, 0.5) is 5.69 Å². The maximum Gasteiger partial charge on any atom is 0.338 e. The third-order valence-electron chi connectivity index (χ3n) is 3.68. The zero-order chi connectivity index (χ0) is 19.4. The Bertz CT molecular complexity index is 979. The van der Waals surface area contributed by atoms with E-state index in [1.165, 1.54) is 48.5 Å². The molecule has 9 heteroatoms. The van der Waals surface area contributed by atoms with E-state index in [0.29, 0.717) is 17.4 Å². The van der Waals surface area contributed by atoms with Gasteiger partial charge in [-0.2, -0.15) is 0 Å². The van der Waals surface area contributed by atoms with Crippen LogP contribution in [0.3, 0.4) is 0 Å². The molecule has 3 rings (SSSR count). The zero-order valence-corrected chi connectivity index (χ0v) is 14.1. The summed E-state index contributed by atoms with van der Waals surface area (Å²) in [7, 11) is 0. The predicted octanol–water partition coefficient (Wildman–Crippen LogP) is 3.38. The second-order valence-corrected chi connectivity index (χ2v) is 5.54. The summed E-state index contributed by atoms with van der Waals surface area (Å²) in [4.78, 5) is 33.0. The number of non-ortho nitro benzene ring substituents is 1. The lowest BCUT2D eigenvalue weighted by Crippen LogP contribution is -2.09. The Hall–Kier alpha value is -3.88. The predicted molar refractivity (Wildman–Crippen MR) is 92.0 cm³/mol. The monoisotopic (exact) mass is 367 g/mol. The lowest BCUT2D eigenvalue weighted by Gasteiger charge is -2.09. The van der Waals surface area contributed by atoms with E-state index in [4.69, 9.17) is 9.15 Å². The van der Waals surface area contributed by atoms with Gasteiger partial charge in [0.15, 0.2) is 6.10 Å². The van der Waals surface area contributed by atoms with E-state index in [2.05, 4.69) is 10.2 Å². The summed E-state index contributed by atoms with van der Waals surface area (Å²) in [6, 6.07) is 11.6. The molecule has 2 aromatic carbocycles. The van der Waals surface area contributed by atoms with Crippen molar-refractivity contribution in [3.8, 4) is 11.5 Å². The lowest BCUT2D eigenvalue weighted by molar-refractivity contribution is -0.384. The summed E-state index contributed by atoms with van der Waals surface area (Å²) in [6.45, 7) is 1.57. The van der Waals surface area contributed by atoms with Gasteiger partial charge in [-0.25, -0.2) is 4.79 Å². The van der Waals surface area contributed by atoms with Crippen LogP contribution in [0.1, 0.15) is 39.6 Å². The quantitative estimate of drug-likeness (QED) is 0.281. The summed E-state index contributed by atoms with van der Waals surface area (Å²) in [5, 5.41) is 18.4. The third-order valence-corrected chi connectivity index (χ3v) is 3.68. The number of aromatic nitrogens is 2. The van der Waals surface area contributed by atoms with Crippen LogP contribution in [0.15, 0.2) is 52.9 Å². The summed E-state index contributed by atoms with van der Waals surface area (Å²) < 4.78 is 10.8. The Morgan fingerprint density at radius 1 is 1.15 bits per heavy atom. The maximum absolute atomic E-state index is 12.1. The second-order valence-electron chi connectivity index (χ2n) is 5.54. The maximum atomic E-state index is 12.1. The van der Waals surface area contributed by atoms with Crippen molar-refractivity contribution < 1.29 is 23.7 Å². The normalized spacial score (nSPS) is 11.6. The molecule has 0 unspecified atom stereocenters. The highest BCUT2D eigenvalue weighted by Gasteiger charge is 2.20. The molecule has 136 valence electrons. The third kappa shape index (κ3) is 4.03. The fourth-order valence-corrected chi connectivity index (χ4v) is 2.22. The van der Waals surface area contributed by atoms with Crippen LogP contribution in [0.5, 0.6) is 0 Å². The molecule has 0 N–H and O–H groups in total. The smallest absolute Gasteiger partial charge is 0.338 e. The first-order chi connectivity index (χ1) is 13.0. The van der Waals surface area contributed by atoms with Crippen molar-refractivity contribution in [3.05, 3.63) is 75.7 Å². The first-order valence-corrected chi connectivity index (χ1v) is 7.82. The van der Waals surface area contributed by atoms with Gasteiger partial charge in [-0.1, -0.05) is 12.1 Å². The fraction of sp³-hybridized carbons (Fsp3) is 0.111. The van der Waals surface area contributed by atoms with Crippen molar-refractivity contribution in [2.75, 3.05) is 0 Å². The molecule has 0 saturated carbocycles. The molecular weight excluding hydrogens is 354 g/mol. The van der Waals surface area contributed by atoms with Crippen molar-refractivity contribution in [2.24, 2.45) is 0 Å². The average molecular weight is 367 g/mol. The minimum absolute atomic E-state index is 0.0543. The van der Waals surface area contributed by atoms with Crippen LogP contribution in [0.25, 0.3) is 11.5 Å². The van der Waals surface area contributed by atoms with Crippen molar-refractivity contribution >= 4 is 17.9 Å². The topological polar surface area (TPSA) is 125 Å². The number of ether oxygens (including phenoxy) is 1. The van der Waals surface area contributed by atoms with Gasteiger partial charge in [0.2, 0.25) is 5.89 Å². The summed E-state index contributed by atoms with van der Waals surface area (Å²) >= 11 is 0. The Labute approximate surface area is 152 Å². The first kappa shape index (κ1) is 17.9. The number of nitrogens with zero attached hydrogens (tertiary/aromatic N) is 3. The average Bonchev–Trinajstić information content (AvgIpc) is 3.18. The van der Waals surface area contributed by atoms with Crippen LogP contribution in [-0.4, -0.2) is 27.4 Å². The number of aldehydes is 1. The molecule has 1 aromatic heterocycles. The molecule has 0 saturated heterocycles. The van der Waals surface area contributed by atoms with Crippen LogP contribution >= 0.6 is 0 Å². The number of carbonyl (C=O) groups excluding carboxylic acids is 2. The molecule has 0 aliphatic rings. The standard InChI is InChI=1S/C18H13N3O6/c1-11(26-18(23)14-4-2-12(10-22)3-5-14)16-19-20-17(27-16)13-6-8-15(9-7-13)21(24)25/h2-11H,1H3/t11-/m1/s1. The van der Waals surface area contributed by atoms with Gasteiger partial charge >= 0.3 is 5.97 Å². The van der Waals surface area contributed by atoms with E-state index in [0.717, 1.165) is 0 Å². The van der Waals surface area contributed by atoms with E-state index in [1.54, 1.807) is 6.92 Å². The lowest BCUT2D eigenvalue weighted by atomic mass is 10.1. The van der Waals surface area contributed by atoms with Gasteiger partial charge < -0.3 is 9.15 Å². The zero-order valence-electron chi connectivity index (χ0n) is 14.1. The highest BCUT2D eigenvalue weighted by atomic mass is 16.6. The SMILES string of the molecule is C[C@@H](OC(=O)c1ccc(C=O)cc1)c1nnc(-c2ccc([N+](=O)[O-])cc2)o1. The molecule has 0 aliphatic carbocycles. The van der Waals surface area contributed by atoms with Gasteiger partial charge in [0.25, 0.3) is 11.6 Å². The summed E-state index contributed by atoms with van der Waals surface area (Å²) in [5.41, 5.74) is 1.18. The highest BCUT2D eigenvalue weighted by Crippen LogP contribution is 2.24. The van der Waals surface area contributed by atoms with Crippen LogP contribution in [0.2, 0.25) is 0 Å². The van der Waals surface area contributed by atoms with Gasteiger partial charge in [0, 0.05) is 23.3 Å². The number of hydrogen-bond acceptors (Lipinski definition) is 8. The van der Waals surface area contributed by atoms with Gasteiger partial charge in [0.1, 0.15) is 6.29 Å². The van der Waals surface area contributed by atoms with Crippen LogP contribution < -0.4 is 0 Å². The fourth-order valence-electron chi connectivity index (χ4n) is 2.22. The Morgan fingerprint density at radius 2 is 1.81 bits per heavy atom. The molecule has 0 bridgehead atoms. The number of esters is 1. The van der Waals surface area contributed by atoms with Crippen LogP contribution in [-0.2, 0) is 4.74 Å². The minimum atomic E-state index is -0.803. The molecule has 1 atom stereocenters. The highest BCUT2D eigenvalue weighted by molar-refractivity contribution is 5.90. The molecule has 0 amide bonds. The number of nitro groups is 1. The first-order valence-electron chi connectivity index (χ1n) is 7.82. The van der Waals surface area contributed by atoms with E-state index in [9.17, 15) is 19.7 Å². The largest absolute Gasteiger partial charge is 0.449 e. The van der Waals surface area contributed by atoms with Crippen LogP contribution in [0, 0.1) is 10.1 Å². The molecule has 1 heterocycles. The van der Waals surface area contributed by atoms with Crippen molar-refractivity contribution in [1.82, 2.24) is 10.2 Å². The minimum Gasteiger partial charge on any atom is -0.449 e. The Kier molecular flexibility index (Phi) is 5.02. The van der Waals surface area contributed by atoms with E-state index in [-0.39, 0.29) is 23.0 Å². The number of hydrogen-bond donors (Lipinski definition) is 0.